The van der Waals surface area contributed by atoms with Crippen LogP contribution in [0.1, 0.15) is 29.7 Å². The monoisotopic (exact) mass is 324 g/mol. The summed E-state index contributed by atoms with van der Waals surface area (Å²) in [7, 11) is 0. The van der Waals surface area contributed by atoms with Crippen molar-refractivity contribution in [3.63, 3.8) is 0 Å². The van der Waals surface area contributed by atoms with Gasteiger partial charge in [-0.1, -0.05) is 47.1 Å². The van der Waals surface area contributed by atoms with Gasteiger partial charge in [-0.05, 0) is 43.4 Å². The van der Waals surface area contributed by atoms with Gasteiger partial charge in [-0.2, -0.15) is 0 Å². The molecule has 0 spiro atoms. The van der Waals surface area contributed by atoms with Crippen LogP contribution in [0, 0.1) is 0 Å². The van der Waals surface area contributed by atoms with Gasteiger partial charge in [0.25, 0.3) is 0 Å². The molecule has 0 N–H and O–H groups in total. The second kappa shape index (κ2) is 6.33. The molecule has 0 amide bonds. The average Bonchev–Trinajstić information content (AvgIpc) is 2.47. The summed E-state index contributed by atoms with van der Waals surface area (Å²) >= 11 is 13.8. The summed E-state index contributed by atoms with van der Waals surface area (Å²) in [5.74, 6) is 0.826. The number of hydrogen-bond donors (Lipinski definition) is 0. The molecule has 3 rings (SSSR count). The van der Waals surface area contributed by atoms with E-state index in [2.05, 4.69) is 9.97 Å². The standard InChI is InChI=1S/C15H14Cl2N2S/c16-11-7-5-10(6-8-11)9-20-15-18-13-4-2-1-3-12(13)14(17)19-15/h5-8H,1-4,9H2. The Bertz CT molecular complexity index is 614. The molecule has 0 unspecified atom stereocenters. The Morgan fingerprint density at radius 1 is 1.00 bits per heavy atom. The molecule has 0 saturated heterocycles. The molecular weight excluding hydrogens is 311 g/mol. The number of aromatic nitrogens is 2. The molecule has 2 nitrogen and oxygen atoms in total. The van der Waals surface area contributed by atoms with Gasteiger partial charge in [0.15, 0.2) is 5.16 Å². The molecule has 1 aliphatic carbocycles. The summed E-state index contributed by atoms with van der Waals surface area (Å²) in [5.41, 5.74) is 3.49. The highest BCUT2D eigenvalue weighted by Gasteiger charge is 2.16. The summed E-state index contributed by atoms with van der Waals surface area (Å²) in [6, 6.07) is 7.85. The molecule has 0 fully saturated rings. The van der Waals surface area contributed by atoms with Crippen molar-refractivity contribution in [3.8, 4) is 0 Å². The normalized spacial score (nSPS) is 14.1. The maximum atomic E-state index is 6.27. The van der Waals surface area contributed by atoms with Gasteiger partial charge in [-0.25, -0.2) is 9.97 Å². The van der Waals surface area contributed by atoms with E-state index in [1.54, 1.807) is 11.8 Å². The Labute approximate surface area is 132 Å². The molecule has 2 aromatic rings. The fourth-order valence-electron chi connectivity index (χ4n) is 2.32. The Balaban J connectivity index is 1.74. The van der Waals surface area contributed by atoms with Crippen LogP contribution in [0.5, 0.6) is 0 Å². The van der Waals surface area contributed by atoms with Gasteiger partial charge in [0.05, 0.1) is 0 Å². The van der Waals surface area contributed by atoms with Crippen molar-refractivity contribution in [3.05, 3.63) is 51.3 Å². The van der Waals surface area contributed by atoms with Crippen LogP contribution in [0.2, 0.25) is 10.2 Å². The zero-order valence-electron chi connectivity index (χ0n) is 10.9. The molecule has 1 heterocycles. The van der Waals surface area contributed by atoms with Gasteiger partial charge in [0, 0.05) is 22.0 Å². The van der Waals surface area contributed by atoms with Gasteiger partial charge in [0.2, 0.25) is 0 Å². The minimum Gasteiger partial charge on any atom is -0.227 e. The van der Waals surface area contributed by atoms with E-state index in [1.807, 2.05) is 24.3 Å². The molecule has 0 atom stereocenters. The fraction of sp³-hybridized carbons (Fsp3) is 0.333. The molecular formula is C15H14Cl2N2S. The highest BCUT2D eigenvalue weighted by atomic mass is 35.5. The number of rotatable bonds is 3. The van der Waals surface area contributed by atoms with Crippen molar-refractivity contribution < 1.29 is 0 Å². The quantitative estimate of drug-likeness (QED) is 0.453. The summed E-state index contributed by atoms with van der Waals surface area (Å²) in [6.07, 6.45) is 4.41. The second-order valence-corrected chi connectivity index (χ2v) is 6.58. The SMILES string of the molecule is Clc1ccc(CSc2nc(Cl)c3c(n2)CCCC3)cc1. The number of fused-ring (bicyclic) bond motifs is 1. The molecule has 0 radical (unpaired) electrons. The Hall–Kier alpha value is -0.770. The summed E-state index contributed by atoms with van der Waals surface area (Å²) in [4.78, 5) is 9.06. The predicted octanol–water partition coefficient (Wildman–Crippen LogP) is 4.95. The van der Waals surface area contributed by atoms with E-state index in [9.17, 15) is 0 Å². The summed E-state index contributed by atoms with van der Waals surface area (Å²) in [5, 5.41) is 2.16. The van der Waals surface area contributed by atoms with E-state index < -0.39 is 0 Å². The Morgan fingerprint density at radius 2 is 1.75 bits per heavy atom. The van der Waals surface area contributed by atoms with Crippen molar-refractivity contribution in [2.24, 2.45) is 0 Å². The molecule has 1 aromatic heterocycles. The van der Waals surface area contributed by atoms with Gasteiger partial charge in [-0.15, -0.1) is 0 Å². The first-order valence-electron chi connectivity index (χ1n) is 6.65. The van der Waals surface area contributed by atoms with E-state index in [1.165, 1.54) is 18.4 Å². The topological polar surface area (TPSA) is 25.8 Å². The van der Waals surface area contributed by atoms with Gasteiger partial charge >= 0.3 is 0 Å². The highest BCUT2D eigenvalue weighted by Crippen LogP contribution is 2.29. The lowest BCUT2D eigenvalue weighted by Gasteiger charge is -2.16. The van der Waals surface area contributed by atoms with E-state index >= 15 is 0 Å². The van der Waals surface area contributed by atoms with Crippen molar-refractivity contribution in [1.82, 2.24) is 9.97 Å². The fourth-order valence-corrected chi connectivity index (χ4v) is 3.60. The van der Waals surface area contributed by atoms with Crippen LogP contribution in [0.15, 0.2) is 29.4 Å². The van der Waals surface area contributed by atoms with Crippen LogP contribution in [-0.2, 0) is 18.6 Å². The number of nitrogens with zero attached hydrogens (tertiary/aromatic N) is 2. The van der Waals surface area contributed by atoms with Crippen LogP contribution in [0.4, 0.5) is 0 Å². The molecule has 0 aliphatic heterocycles. The van der Waals surface area contributed by atoms with E-state index in [-0.39, 0.29) is 0 Å². The molecule has 20 heavy (non-hydrogen) atoms. The third-order valence-corrected chi connectivity index (χ3v) is 4.88. The van der Waals surface area contributed by atoms with E-state index in [0.717, 1.165) is 40.0 Å². The van der Waals surface area contributed by atoms with Gasteiger partial charge in [0.1, 0.15) is 5.15 Å². The van der Waals surface area contributed by atoms with Gasteiger partial charge in [-0.3, -0.25) is 0 Å². The molecule has 5 heteroatoms. The first kappa shape index (κ1) is 14.2. The first-order chi connectivity index (χ1) is 9.72. The maximum absolute atomic E-state index is 6.27. The van der Waals surface area contributed by atoms with Crippen molar-refractivity contribution in [2.45, 2.75) is 36.6 Å². The number of thioether (sulfide) groups is 1. The molecule has 0 bridgehead atoms. The maximum Gasteiger partial charge on any atom is 0.189 e. The van der Waals surface area contributed by atoms with Crippen LogP contribution in [0.3, 0.4) is 0 Å². The third kappa shape index (κ3) is 3.27. The molecule has 104 valence electrons. The lowest BCUT2D eigenvalue weighted by molar-refractivity contribution is 0.649. The highest BCUT2D eigenvalue weighted by molar-refractivity contribution is 7.98. The largest absolute Gasteiger partial charge is 0.227 e. The van der Waals surface area contributed by atoms with Crippen LogP contribution in [-0.4, -0.2) is 9.97 Å². The smallest absolute Gasteiger partial charge is 0.189 e. The third-order valence-electron chi connectivity index (χ3n) is 3.39. The van der Waals surface area contributed by atoms with Crippen LogP contribution < -0.4 is 0 Å². The molecule has 0 saturated carbocycles. The number of aryl methyl sites for hydroxylation is 1. The van der Waals surface area contributed by atoms with Crippen molar-refractivity contribution in [1.29, 1.82) is 0 Å². The second-order valence-electron chi connectivity index (χ2n) is 4.84. The lowest BCUT2D eigenvalue weighted by atomic mass is 9.98. The Kier molecular flexibility index (Phi) is 4.49. The predicted molar refractivity (Wildman–Crippen MR) is 84.7 cm³/mol. The summed E-state index contributed by atoms with van der Waals surface area (Å²) in [6.45, 7) is 0. The average molecular weight is 325 g/mol. The first-order valence-corrected chi connectivity index (χ1v) is 8.39. The van der Waals surface area contributed by atoms with Crippen LogP contribution >= 0.6 is 35.0 Å². The van der Waals surface area contributed by atoms with Crippen molar-refractivity contribution in [2.75, 3.05) is 0 Å². The minimum absolute atomic E-state index is 0.633. The van der Waals surface area contributed by atoms with Crippen molar-refractivity contribution >= 4 is 35.0 Å². The molecule has 1 aliphatic rings. The zero-order chi connectivity index (χ0) is 13.9. The zero-order valence-corrected chi connectivity index (χ0v) is 13.2. The lowest BCUT2D eigenvalue weighted by Crippen LogP contribution is -2.08. The van der Waals surface area contributed by atoms with E-state index in [4.69, 9.17) is 23.2 Å². The number of halogens is 2. The van der Waals surface area contributed by atoms with Gasteiger partial charge < -0.3 is 0 Å². The molecule has 1 aromatic carbocycles. The number of benzene rings is 1. The minimum atomic E-state index is 0.633. The number of hydrogen-bond acceptors (Lipinski definition) is 3. The van der Waals surface area contributed by atoms with Crippen LogP contribution in [0.25, 0.3) is 0 Å². The summed E-state index contributed by atoms with van der Waals surface area (Å²) < 4.78 is 0. The van der Waals surface area contributed by atoms with E-state index in [0.29, 0.717) is 5.15 Å². The Morgan fingerprint density at radius 3 is 2.55 bits per heavy atom.